The molecule has 7 heteroatoms. The van der Waals surface area contributed by atoms with Crippen molar-refractivity contribution in [1.29, 1.82) is 0 Å². The Kier molecular flexibility index (Phi) is 3.66. The van der Waals surface area contributed by atoms with Crippen molar-refractivity contribution in [2.24, 2.45) is 5.73 Å². The average Bonchev–Trinajstić information content (AvgIpc) is 2.38. The van der Waals surface area contributed by atoms with Crippen LogP contribution in [0.5, 0.6) is 0 Å². The molecule has 1 unspecified atom stereocenters. The first-order valence-electron chi connectivity index (χ1n) is 6.02. The maximum Gasteiger partial charge on any atom is 0.292 e. The highest BCUT2D eigenvalue weighted by molar-refractivity contribution is 5.85. The lowest BCUT2D eigenvalue weighted by Crippen LogP contribution is -2.57. The zero-order valence-corrected chi connectivity index (χ0v) is 10.6. The summed E-state index contributed by atoms with van der Waals surface area (Å²) in [4.78, 5) is 23.9. The van der Waals surface area contributed by atoms with Crippen LogP contribution in [0, 0.1) is 17.0 Å². The van der Waals surface area contributed by atoms with Gasteiger partial charge in [-0.1, -0.05) is 6.07 Å². The highest BCUT2D eigenvalue weighted by atomic mass is 16.6. The molecule has 0 aliphatic carbocycles. The maximum atomic E-state index is 11.5. The minimum atomic E-state index is -0.561. The van der Waals surface area contributed by atoms with E-state index < -0.39 is 16.9 Å². The maximum absolute atomic E-state index is 11.5. The number of nitrogens with one attached hydrogen (secondary N) is 1. The predicted molar refractivity (Wildman–Crippen MR) is 71.0 cm³/mol. The number of piperazine rings is 1. The van der Waals surface area contributed by atoms with Gasteiger partial charge in [0.15, 0.2) is 0 Å². The number of aryl methyl sites for hydroxylation is 1. The van der Waals surface area contributed by atoms with E-state index >= 15 is 0 Å². The summed E-state index contributed by atoms with van der Waals surface area (Å²) in [5.41, 5.74) is 6.73. The van der Waals surface area contributed by atoms with E-state index in [1.807, 2.05) is 6.92 Å². The molecule has 1 aliphatic rings. The Morgan fingerprint density at radius 3 is 2.95 bits per heavy atom. The van der Waals surface area contributed by atoms with Crippen LogP contribution in [0.25, 0.3) is 0 Å². The predicted octanol–water partition coefficient (Wildman–Crippen LogP) is 0.167. The lowest BCUT2D eigenvalue weighted by atomic mass is 10.1. The number of anilines is 1. The summed E-state index contributed by atoms with van der Waals surface area (Å²) in [5.74, 6) is -0.483. The van der Waals surface area contributed by atoms with Crippen LogP contribution in [0.1, 0.15) is 5.56 Å². The number of carbonyl (C=O) groups excluding carboxylic acids is 1. The second-order valence-corrected chi connectivity index (χ2v) is 4.56. The molecule has 1 aromatic carbocycles. The second-order valence-electron chi connectivity index (χ2n) is 4.56. The van der Waals surface area contributed by atoms with E-state index in [4.69, 9.17) is 5.73 Å². The normalized spacial score (nSPS) is 19.2. The molecular formula is C12H16N4O3. The first kappa shape index (κ1) is 13.3. The minimum Gasteiger partial charge on any atom is -0.368 e. The van der Waals surface area contributed by atoms with Crippen LogP contribution < -0.4 is 16.0 Å². The first-order chi connectivity index (χ1) is 9.00. The van der Waals surface area contributed by atoms with E-state index in [1.54, 1.807) is 17.0 Å². The first-order valence-corrected chi connectivity index (χ1v) is 6.02. The van der Waals surface area contributed by atoms with Crippen molar-refractivity contribution >= 4 is 17.3 Å². The fourth-order valence-electron chi connectivity index (χ4n) is 2.26. The second kappa shape index (κ2) is 5.23. The summed E-state index contributed by atoms with van der Waals surface area (Å²) in [5, 5.41) is 14.2. The van der Waals surface area contributed by atoms with Gasteiger partial charge in [-0.2, -0.15) is 0 Å². The number of hydrogen-bond donors (Lipinski definition) is 2. The largest absolute Gasteiger partial charge is 0.368 e. The highest BCUT2D eigenvalue weighted by Gasteiger charge is 2.31. The van der Waals surface area contributed by atoms with Gasteiger partial charge in [0.2, 0.25) is 5.91 Å². The molecule has 19 heavy (non-hydrogen) atoms. The van der Waals surface area contributed by atoms with Crippen LogP contribution >= 0.6 is 0 Å². The van der Waals surface area contributed by atoms with Crippen LogP contribution in [0.4, 0.5) is 11.4 Å². The number of primary amides is 1. The van der Waals surface area contributed by atoms with Gasteiger partial charge < -0.3 is 16.0 Å². The molecule has 3 N–H and O–H groups in total. The molecule has 1 heterocycles. The molecular weight excluding hydrogens is 248 g/mol. The lowest BCUT2D eigenvalue weighted by molar-refractivity contribution is -0.384. The van der Waals surface area contributed by atoms with E-state index in [0.717, 1.165) is 5.56 Å². The number of nitrogens with two attached hydrogens (primary N) is 1. The van der Waals surface area contributed by atoms with E-state index in [1.165, 1.54) is 6.07 Å². The minimum absolute atomic E-state index is 0.00116. The zero-order valence-electron chi connectivity index (χ0n) is 10.6. The molecule has 1 saturated heterocycles. The molecule has 0 bridgehead atoms. The van der Waals surface area contributed by atoms with Crippen LogP contribution in [-0.4, -0.2) is 36.5 Å². The number of nitro benzene ring substituents is 1. The Morgan fingerprint density at radius 1 is 1.58 bits per heavy atom. The summed E-state index contributed by atoms with van der Waals surface area (Å²) in [6.07, 6.45) is 0. The van der Waals surface area contributed by atoms with E-state index in [-0.39, 0.29) is 5.69 Å². The number of nitro groups is 1. The molecule has 1 amide bonds. The molecule has 0 saturated carbocycles. The van der Waals surface area contributed by atoms with Gasteiger partial charge >= 0.3 is 0 Å². The Balaban J connectivity index is 2.46. The Bertz CT molecular complexity index is 518. The van der Waals surface area contributed by atoms with Crippen molar-refractivity contribution in [1.82, 2.24) is 5.32 Å². The SMILES string of the molecule is Cc1ccc([N+](=O)[O-])c(N2CCNCC2C(N)=O)c1. The number of hydrogen-bond acceptors (Lipinski definition) is 5. The quantitative estimate of drug-likeness (QED) is 0.598. The smallest absolute Gasteiger partial charge is 0.292 e. The third-order valence-electron chi connectivity index (χ3n) is 3.21. The summed E-state index contributed by atoms with van der Waals surface area (Å²) in [6, 6.07) is 4.31. The van der Waals surface area contributed by atoms with Gasteiger partial charge in [0, 0.05) is 25.7 Å². The fraction of sp³-hybridized carbons (Fsp3) is 0.417. The zero-order chi connectivity index (χ0) is 14.0. The topological polar surface area (TPSA) is 102 Å². The number of carbonyl (C=O) groups is 1. The van der Waals surface area contributed by atoms with Gasteiger partial charge in [0.1, 0.15) is 11.7 Å². The highest BCUT2D eigenvalue weighted by Crippen LogP contribution is 2.30. The van der Waals surface area contributed by atoms with Crippen molar-refractivity contribution in [3.63, 3.8) is 0 Å². The van der Waals surface area contributed by atoms with Gasteiger partial charge in [-0.05, 0) is 18.6 Å². The number of nitrogens with zero attached hydrogens (tertiary/aromatic N) is 2. The molecule has 0 radical (unpaired) electrons. The number of rotatable bonds is 3. The molecule has 102 valence electrons. The van der Waals surface area contributed by atoms with Gasteiger partial charge in [-0.3, -0.25) is 14.9 Å². The third kappa shape index (κ3) is 2.65. The Morgan fingerprint density at radius 2 is 2.32 bits per heavy atom. The van der Waals surface area contributed by atoms with Crippen LogP contribution in [-0.2, 0) is 4.79 Å². The number of benzene rings is 1. The third-order valence-corrected chi connectivity index (χ3v) is 3.21. The molecule has 1 aromatic rings. The van der Waals surface area contributed by atoms with Gasteiger partial charge in [0.25, 0.3) is 5.69 Å². The summed E-state index contributed by atoms with van der Waals surface area (Å²) in [7, 11) is 0. The van der Waals surface area contributed by atoms with Gasteiger partial charge in [0.05, 0.1) is 4.92 Å². The van der Waals surface area contributed by atoms with E-state index in [0.29, 0.717) is 25.3 Å². The van der Waals surface area contributed by atoms with E-state index in [9.17, 15) is 14.9 Å². The van der Waals surface area contributed by atoms with Crippen molar-refractivity contribution in [3.8, 4) is 0 Å². The standard InChI is InChI=1S/C12H16N4O3/c1-8-2-3-9(16(18)19)10(6-8)15-5-4-14-7-11(15)12(13)17/h2-3,6,11,14H,4-5,7H2,1H3,(H2,13,17). The van der Waals surface area contributed by atoms with E-state index in [2.05, 4.69) is 5.32 Å². The summed E-state index contributed by atoms with van der Waals surface area (Å²) < 4.78 is 0. The monoisotopic (exact) mass is 264 g/mol. The van der Waals surface area contributed by atoms with Crippen LogP contribution in [0.15, 0.2) is 18.2 Å². The molecule has 1 atom stereocenters. The molecule has 1 fully saturated rings. The van der Waals surface area contributed by atoms with Crippen LogP contribution in [0.2, 0.25) is 0 Å². The van der Waals surface area contributed by atoms with Crippen molar-refractivity contribution in [2.45, 2.75) is 13.0 Å². The molecule has 1 aliphatic heterocycles. The fourth-order valence-corrected chi connectivity index (χ4v) is 2.26. The van der Waals surface area contributed by atoms with Crippen molar-refractivity contribution in [2.75, 3.05) is 24.5 Å². The summed E-state index contributed by atoms with van der Waals surface area (Å²) >= 11 is 0. The number of amides is 1. The molecule has 0 aromatic heterocycles. The molecule has 0 spiro atoms. The van der Waals surface area contributed by atoms with Crippen molar-refractivity contribution < 1.29 is 9.72 Å². The summed E-state index contributed by atoms with van der Waals surface area (Å²) in [6.45, 7) is 3.43. The lowest BCUT2D eigenvalue weighted by Gasteiger charge is -2.35. The Hall–Kier alpha value is -2.15. The Labute approximate surface area is 110 Å². The van der Waals surface area contributed by atoms with Gasteiger partial charge in [-0.25, -0.2) is 0 Å². The molecule has 2 rings (SSSR count). The van der Waals surface area contributed by atoms with Gasteiger partial charge in [-0.15, -0.1) is 0 Å². The molecule has 7 nitrogen and oxygen atoms in total. The van der Waals surface area contributed by atoms with Crippen LogP contribution in [0.3, 0.4) is 0 Å². The average molecular weight is 264 g/mol. The van der Waals surface area contributed by atoms with Crippen molar-refractivity contribution in [3.05, 3.63) is 33.9 Å².